The molecular weight excluding hydrogens is 126 g/mol. The lowest BCUT2D eigenvalue weighted by Crippen LogP contribution is -2.28. The third-order valence-electron chi connectivity index (χ3n) is 1.17. The number of aliphatic hydroxyl groups excluding tert-OH is 1. The first-order chi connectivity index (χ1) is 3.83. The van der Waals surface area contributed by atoms with E-state index >= 15 is 0 Å². The number of aliphatic hydroxyl groups is 1. The lowest BCUT2D eigenvalue weighted by atomic mass is 10.3. The third-order valence-corrected chi connectivity index (χ3v) is 2.37. The van der Waals surface area contributed by atoms with Gasteiger partial charge in [-0.25, -0.2) is 0 Å². The Balaban J connectivity index is 2.22. The Bertz CT molecular complexity index is 80.4. The standard InChI is InChI=1S/C4H9NO2S/c6-3-4-1-2-8(7)5-4/h4-6H,1-3H2. The lowest BCUT2D eigenvalue weighted by Gasteiger charge is -2.02. The summed E-state index contributed by atoms with van der Waals surface area (Å²) in [6.45, 7) is 0.103. The highest BCUT2D eigenvalue weighted by molar-refractivity contribution is 7.89. The van der Waals surface area contributed by atoms with Gasteiger partial charge in [-0.15, -0.1) is 4.72 Å². The molecule has 1 aliphatic heterocycles. The largest absolute Gasteiger partial charge is 0.598 e. The molecule has 1 heterocycles. The van der Waals surface area contributed by atoms with Crippen molar-refractivity contribution in [1.82, 2.24) is 4.72 Å². The summed E-state index contributed by atoms with van der Waals surface area (Å²) in [5.41, 5.74) is 0. The molecule has 8 heavy (non-hydrogen) atoms. The first-order valence-corrected chi connectivity index (χ1v) is 3.90. The molecule has 0 bridgehead atoms. The minimum Gasteiger partial charge on any atom is -0.598 e. The molecule has 0 aromatic carbocycles. The van der Waals surface area contributed by atoms with Crippen molar-refractivity contribution in [2.45, 2.75) is 12.5 Å². The first-order valence-electron chi connectivity index (χ1n) is 2.58. The van der Waals surface area contributed by atoms with Crippen LogP contribution in [0, 0.1) is 0 Å². The maximum atomic E-state index is 10.5. The van der Waals surface area contributed by atoms with E-state index in [4.69, 9.17) is 5.11 Å². The normalized spacial score (nSPS) is 38.2. The minimum absolute atomic E-state index is 0.0795. The number of hydrogen-bond acceptors (Lipinski definition) is 3. The van der Waals surface area contributed by atoms with Crippen molar-refractivity contribution in [3.63, 3.8) is 0 Å². The summed E-state index contributed by atoms with van der Waals surface area (Å²) in [4.78, 5) is 0. The van der Waals surface area contributed by atoms with E-state index in [1.165, 1.54) is 0 Å². The maximum absolute atomic E-state index is 10.5. The Morgan fingerprint density at radius 2 is 2.62 bits per heavy atom. The molecule has 1 aliphatic rings. The zero-order valence-corrected chi connectivity index (χ0v) is 5.28. The highest BCUT2D eigenvalue weighted by atomic mass is 32.2. The predicted octanol–water partition coefficient (Wildman–Crippen LogP) is -0.996. The molecule has 0 aromatic heterocycles. The molecule has 0 spiro atoms. The molecule has 0 radical (unpaired) electrons. The molecule has 2 N–H and O–H groups in total. The van der Waals surface area contributed by atoms with Gasteiger partial charge in [0.05, 0.1) is 12.6 Å². The molecule has 3 nitrogen and oxygen atoms in total. The number of hydrogen-bond donors (Lipinski definition) is 2. The Kier molecular flexibility index (Phi) is 2.13. The summed E-state index contributed by atoms with van der Waals surface area (Å²) < 4.78 is 13.2. The van der Waals surface area contributed by atoms with Crippen molar-refractivity contribution in [1.29, 1.82) is 0 Å². The molecule has 2 atom stereocenters. The molecule has 2 unspecified atom stereocenters. The molecule has 1 saturated heterocycles. The van der Waals surface area contributed by atoms with Gasteiger partial charge >= 0.3 is 0 Å². The van der Waals surface area contributed by atoms with Gasteiger partial charge in [-0.1, -0.05) is 0 Å². The van der Waals surface area contributed by atoms with Crippen LogP contribution in [0.5, 0.6) is 0 Å². The van der Waals surface area contributed by atoms with Crippen LogP contribution < -0.4 is 4.72 Å². The summed E-state index contributed by atoms with van der Waals surface area (Å²) >= 11 is -0.863. The van der Waals surface area contributed by atoms with Crippen LogP contribution in [-0.2, 0) is 11.4 Å². The molecule has 4 heteroatoms. The summed E-state index contributed by atoms with van der Waals surface area (Å²) in [5, 5.41) is 8.49. The van der Waals surface area contributed by atoms with Gasteiger partial charge in [-0.3, -0.25) is 0 Å². The van der Waals surface area contributed by atoms with Gasteiger partial charge in [0.25, 0.3) is 0 Å². The third kappa shape index (κ3) is 1.35. The van der Waals surface area contributed by atoms with Gasteiger partial charge in [0, 0.05) is 17.8 Å². The minimum atomic E-state index is -0.863. The van der Waals surface area contributed by atoms with Gasteiger partial charge < -0.3 is 9.66 Å². The molecule has 1 fully saturated rings. The van der Waals surface area contributed by atoms with E-state index < -0.39 is 11.4 Å². The van der Waals surface area contributed by atoms with Gasteiger partial charge in [-0.05, 0) is 0 Å². The van der Waals surface area contributed by atoms with Crippen LogP contribution in [0.4, 0.5) is 0 Å². The van der Waals surface area contributed by atoms with Crippen LogP contribution in [-0.4, -0.2) is 28.1 Å². The van der Waals surface area contributed by atoms with E-state index in [2.05, 4.69) is 4.72 Å². The average molecular weight is 135 g/mol. The Hall–Kier alpha value is 0.230. The van der Waals surface area contributed by atoms with E-state index in [1.807, 2.05) is 0 Å². The highest BCUT2D eigenvalue weighted by Crippen LogP contribution is 2.05. The van der Waals surface area contributed by atoms with Crippen LogP contribution in [0.2, 0.25) is 0 Å². The van der Waals surface area contributed by atoms with E-state index in [-0.39, 0.29) is 12.6 Å². The summed E-state index contributed by atoms with van der Waals surface area (Å²) in [7, 11) is 0. The van der Waals surface area contributed by atoms with E-state index in [9.17, 15) is 4.55 Å². The summed E-state index contributed by atoms with van der Waals surface area (Å²) in [6.07, 6.45) is 0.836. The van der Waals surface area contributed by atoms with Crippen LogP contribution >= 0.6 is 0 Å². The van der Waals surface area contributed by atoms with Gasteiger partial charge in [0.2, 0.25) is 0 Å². The quantitative estimate of drug-likeness (QED) is 0.454. The molecule has 0 aromatic rings. The van der Waals surface area contributed by atoms with E-state index in [1.54, 1.807) is 0 Å². The molecule has 48 valence electrons. The van der Waals surface area contributed by atoms with Crippen molar-refractivity contribution >= 4 is 11.4 Å². The Morgan fingerprint density at radius 3 is 2.88 bits per heavy atom. The lowest BCUT2D eigenvalue weighted by molar-refractivity contribution is 0.260. The van der Waals surface area contributed by atoms with Crippen LogP contribution in [0.3, 0.4) is 0 Å². The zero-order valence-electron chi connectivity index (χ0n) is 4.46. The smallest absolute Gasteiger partial charge is 0.127 e. The fourth-order valence-electron chi connectivity index (χ4n) is 0.682. The van der Waals surface area contributed by atoms with Crippen molar-refractivity contribution in [3.8, 4) is 0 Å². The molecule has 0 aliphatic carbocycles. The van der Waals surface area contributed by atoms with Crippen LogP contribution in [0.15, 0.2) is 0 Å². The number of rotatable bonds is 1. The Morgan fingerprint density at radius 1 is 1.88 bits per heavy atom. The second-order valence-corrected chi connectivity index (χ2v) is 3.17. The van der Waals surface area contributed by atoms with E-state index in [0.717, 1.165) is 6.42 Å². The monoisotopic (exact) mass is 135 g/mol. The summed E-state index contributed by atoms with van der Waals surface area (Å²) in [6, 6.07) is 0.0795. The van der Waals surface area contributed by atoms with Crippen LogP contribution in [0.25, 0.3) is 0 Å². The van der Waals surface area contributed by atoms with Gasteiger partial charge in [0.1, 0.15) is 5.75 Å². The fraction of sp³-hybridized carbons (Fsp3) is 1.00. The second-order valence-electron chi connectivity index (χ2n) is 1.84. The van der Waals surface area contributed by atoms with Crippen LogP contribution in [0.1, 0.15) is 6.42 Å². The maximum Gasteiger partial charge on any atom is 0.127 e. The highest BCUT2D eigenvalue weighted by Gasteiger charge is 2.24. The van der Waals surface area contributed by atoms with Crippen molar-refractivity contribution in [2.75, 3.05) is 12.4 Å². The second kappa shape index (κ2) is 2.68. The first kappa shape index (κ1) is 6.35. The topological polar surface area (TPSA) is 55.3 Å². The molecule has 1 rings (SSSR count). The van der Waals surface area contributed by atoms with Gasteiger partial charge in [0.15, 0.2) is 0 Å². The predicted molar refractivity (Wildman–Crippen MR) is 31.6 cm³/mol. The molecule has 0 amide bonds. The molecule has 0 saturated carbocycles. The van der Waals surface area contributed by atoms with E-state index in [0.29, 0.717) is 5.75 Å². The zero-order chi connectivity index (χ0) is 5.98. The Labute approximate surface area is 51.4 Å². The van der Waals surface area contributed by atoms with Crippen molar-refractivity contribution < 1.29 is 9.66 Å². The number of nitrogens with one attached hydrogen (secondary N) is 1. The van der Waals surface area contributed by atoms with Gasteiger partial charge in [-0.2, -0.15) is 0 Å². The van der Waals surface area contributed by atoms with Crippen molar-refractivity contribution in [2.24, 2.45) is 0 Å². The SMILES string of the molecule is [O-][S+]1CCC(CO)N1. The van der Waals surface area contributed by atoms with Crippen molar-refractivity contribution in [3.05, 3.63) is 0 Å². The summed E-state index contributed by atoms with van der Waals surface area (Å²) in [5.74, 6) is 0.686. The molecular formula is C4H9NO2S. The fourth-order valence-corrected chi connectivity index (χ4v) is 1.86. The average Bonchev–Trinajstić information content (AvgIpc) is 2.14.